The van der Waals surface area contributed by atoms with Crippen LogP contribution in [0.15, 0.2) is 53.1 Å². The Morgan fingerprint density at radius 1 is 1.03 bits per heavy atom. The van der Waals surface area contributed by atoms with Gasteiger partial charge in [-0.2, -0.15) is 0 Å². The Morgan fingerprint density at radius 2 is 1.74 bits per heavy atom. The Kier molecular flexibility index (Phi) is 9.38. The highest BCUT2D eigenvalue weighted by Crippen LogP contribution is 2.31. The average Bonchev–Trinajstić information content (AvgIpc) is 3.34. The molecule has 34 heavy (non-hydrogen) atoms. The van der Waals surface area contributed by atoms with Crippen molar-refractivity contribution in [3.05, 3.63) is 60.1 Å². The molecule has 1 heterocycles. The fourth-order valence-electron chi connectivity index (χ4n) is 3.38. The van der Waals surface area contributed by atoms with Crippen LogP contribution >= 0.6 is 0 Å². The number of benzene rings is 2. The van der Waals surface area contributed by atoms with Crippen molar-refractivity contribution in [3.8, 4) is 28.6 Å². The first kappa shape index (κ1) is 25.1. The summed E-state index contributed by atoms with van der Waals surface area (Å²) in [4.78, 5) is 16.9. The van der Waals surface area contributed by atoms with E-state index in [1.807, 2.05) is 49.4 Å². The maximum atomic E-state index is 12.6. The molecule has 182 valence electrons. The summed E-state index contributed by atoms with van der Waals surface area (Å²) < 4.78 is 22.7. The predicted octanol–water partition coefficient (Wildman–Crippen LogP) is 5.74. The molecule has 0 spiro atoms. The lowest BCUT2D eigenvalue weighted by molar-refractivity contribution is -0.121. The second kappa shape index (κ2) is 12.7. The highest BCUT2D eigenvalue weighted by Gasteiger charge is 2.15. The second-order valence-electron chi connectivity index (χ2n) is 8.04. The molecule has 3 aromatic rings. The van der Waals surface area contributed by atoms with Gasteiger partial charge in [0.15, 0.2) is 23.1 Å². The first-order valence-electron chi connectivity index (χ1n) is 11.8. The zero-order chi connectivity index (χ0) is 24.3. The summed E-state index contributed by atoms with van der Waals surface area (Å²) in [6, 6.07) is 13.2. The third-order valence-electron chi connectivity index (χ3n) is 5.26. The van der Waals surface area contributed by atoms with Crippen LogP contribution < -0.4 is 19.5 Å². The Labute approximate surface area is 201 Å². The molecule has 0 bridgehead atoms. The van der Waals surface area contributed by atoms with E-state index >= 15 is 0 Å². The molecule has 0 radical (unpaired) electrons. The number of amides is 1. The van der Waals surface area contributed by atoms with Crippen LogP contribution in [0.4, 0.5) is 0 Å². The molecular weight excluding hydrogens is 432 g/mol. The van der Waals surface area contributed by atoms with Crippen LogP contribution in [0.1, 0.15) is 57.5 Å². The van der Waals surface area contributed by atoms with Crippen molar-refractivity contribution in [2.45, 2.75) is 52.5 Å². The van der Waals surface area contributed by atoms with Crippen LogP contribution in [0.25, 0.3) is 11.3 Å². The van der Waals surface area contributed by atoms with E-state index < -0.39 is 0 Å². The SMILES string of the molecule is CCCOc1ccc(C(C)NC(=O)CCc2ncc(-c3ccc(OC)cc3)o2)cc1OCCC. The molecule has 1 atom stereocenters. The van der Waals surface area contributed by atoms with Crippen molar-refractivity contribution in [2.75, 3.05) is 20.3 Å². The van der Waals surface area contributed by atoms with Crippen molar-refractivity contribution < 1.29 is 23.4 Å². The minimum Gasteiger partial charge on any atom is -0.497 e. The minimum absolute atomic E-state index is 0.0703. The molecule has 7 heteroatoms. The molecule has 0 saturated carbocycles. The van der Waals surface area contributed by atoms with E-state index in [4.69, 9.17) is 18.6 Å². The molecule has 1 amide bonds. The van der Waals surface area contributed by atoms with Crippen LogP contribution in [0, 0.1) is 0 Å². The van der Waals surface area contributed by atoms with E-state index in [2.05, 4.69) is 24.1 Å². The Hall–Kier alpha value is -3.48. The van der Waals surface area contributed by atoms with Gasteiger partial charge in [0.05, 0.1) is 32.6 Å². The van der Waals surface area contributed by atoms with Crippen LogP contribution in [-0.4, -0.2) is 31.2 Å². The summed E-state index contributed by atoms with van der Waals surface area (Å²) in [6.07, 6.45) is 4.21. The lowest BCUT2D eigenvalue weighted by atomic mass is 10.1. The number of nitrogens with zero attached hydrogens (tertiary/aromatic N) is 1. The van der Waals surface area contributed by atoms with Crippen molar-refractivity contribution >= 4 is 5.91 Å². The predicted molar refractivity (Wildman–Crippen MR) is 131 cm³/mol. The molecule has 1 unspecified atom stereocenters. The van der Waals surface area contributed by atoms with Crippen LogP contribution in [0.2, 0.25) is 0 Å². The Balaban J connectivity index is 1.55. The van der Waals surface area contributed by atoms with Gasteiger partial charge in [0.25, 0.3) is 0 Å². The highest BCUT2D eigenvalue weighted by molar-refractivity contribution is 5.76. The number of oxazole rings is 1. The van der Waals surface area contributed by atoms with Gasteiger partial charge < -0.3 is 23.9 Å². The number of nitrogens with one attached hydrogen (secondary N) is 1. The number of ether oxygens (including phenoxy) is 3. The fraction of sp³-hybridized carbons (Fsp3) is 0.407. The molecule has 0 saturated heterocycles. The maximum Gasteiger partial charge on any atom is 0.220 e. The number of carbonyl (C=O) groups excluding carboxylic acids is 1. The van der Waals surface area contributed by atoms with Crippen molar-refractivity contribution in [3.63, 3.8) is 0 Å². The number of carbonyl (C=O) groups is 1. The van der Waals surface area contributed by atoms with Crippen molar-refractivity contribution in [1.29, 1.82) is 0 Å². The molecular formula is C27H34N2O5. The van der Waals surface area contributed by atoms with E-state index in [1.54, 1.807) is 13.3 Å². The molecule has 1 aromatic heterocycles. The fourth-order valence-corrected chi connectivity index (χ4v) is 3.38. The van der Waals surface area contributed by atoms with Crippen molar-refractivity contribution in [2.24, 2.45) is 0 Å². The van der Waals surface area contributed by atoms with E-state index in [1.165, 1.54) is 0 Å². The molecule has 0 aliphatic heterocycles. The minimum atomic E-state index is -0.170. The number of hydrogen-bond donors (Lipinski definition) is 1. The maximum absolute atomic E-state index is 12.6. The molecule has 1 N–H and O–H groups in total. The third kappa shape index (κ3) is 7.01. The van der Waals surface area contributed by atoms with E-state index in [-0.39, 0.29) is 18.4 Å². The lowest BCUT2D eigenvalue weighted by Gasteiger charge is -2.18. The van der Waals surface area contributed by atoms with Gasteiger partial charge in [0, 0.05) is 18.4 Å². The number of rotatable bonds is 13. The number of aromatic nitrogens is 1. The summed E-state index contributed by atoms with van der Waals surface area (Å²) in [5.74, 6) is 3.34. The molecule has 7 nitrogen and oxygen atoms in total. The molecule has 2 aromatic carbocycles. The Morgan fingerprint density at radius 3 is 2.41 bits per heavy atom. The van der Waals surface area contributed by atoms with E-state index in [0.29, 0.717) is 37.0 Å². The summed E-state index contributed by atoms with van der Waals surface area (Å²) in [5.41, 5.74) is 1.87. The van der Waals surface area contributed by atoms with E-state index in [0.717, 1.165) is 35.5 Å². The summed E-state index contributed by atoms with van der Waals surface area (Å²) in [5, 5.41) is 3.04. The van der Waals surface area contributed by atoms with Gasteiger partial charge in [-0.25, -0.2) is 4.98 Å². The van der Waals surface area contributed by atoms with Gasteiger partial charge in [-0.3, -0.25) is 4.79 Å². The zero-order valence-corrected chi connectivity index (χ0v) is 20.4. The van der Waals surface area contributed by atoms with Crippen LogP contribution in [-0.2, 0) is 11.2 Å². The summed E-state index contributed by atoms with van der Waals surface area (Å²) in [7, 11) is 1.63. The van der Waals surface area contributed by atoms with Crippen molar-refractivity contribution in [1.82, 2.24) is 10.3 Å². The smallest absolute Gasteiger partial charge is 0.220 e. The second-order valence-corrected chi connectivity index (χ2v) is 8.04. The lowest BCUT2D eigenvalue weighted by Crippen LogP contribution is -2.26. The van der Waals surface area contributed by atoms with Crippen LogP contribution in [0.3, 0.4) is 0 Å². The first-order chi connectivity index (χ1) is 16.5. The average molecular weight is 467 g/mol. The first-order valence-corrected chi connectivity index (χ1v) is 11.8. The van der Waals surface area contributed by atoms with E-state index in [9.17, 15) is 4.79 Å². The normalized spacial score (nSPS) is 11.6. The molecule has 0 fully saturated rings. The summed E-state index contributed by atoms with van der Waals surface area (Å²) >= 11 is 0. The van der Waals surface area contributed by atoms with Gasteiger partial charge >= 0.3 is 0 Å². The zero-order valence-electron chi connectivity index (χ0n) is 20.4. The standard InChI is InChI=1S/C27H34N2O5/c1-5-15-32-23-12-9-21(17-24(23)33-16-6-2)19(3)29-26(30)13-14-27-28-18-25(34-27)20-7-10-22(31-4)11-8-20/h7-12,17-19H,5-6,13-16H2,1-4H3,(H,29,30). The van der Waals surface area contributed by atoms with Gasteiger partial charge in [-0.15, -0.1) is 0 Å². The molecule has 0 aliphatic carbocycles. The van der Waals surface area contributed by atoms with Gasteiger partial charge in [-0.1, -0.05) is 19.9 Å². The quantitative estimate of drug-likeness (QED) is 0.346. The van der Waals surface area contributed by atoms with Gasteiger partial charge in [0.2, 0.25) is 5.91 Å². The topological polar surface area (TPSA) is 82.8 Å². The number of methoxy groups -OCH3 is 1. The molecule has 0 aliphatic rings. The third-order valence-corrected chi connectivity index (χ3v) is 5.26. The number of aryl methyl sites for hydroxylation is 1. The monoisotopic (exact) mass is 466 g/mol. The largest absolute Gasteiger partial charge is 0.497 e. The Bertz CT molecular complexity index is 1050. The molecule has 3 rings (SSSR count). The summed E-state index contributed by atoms with van der Waals surface area (Å²) in [6.45, 7) is 7.33. The van der Waals surface area contributed by atoms with Gasteiger partial charge in [-0.05, 0) is 61.7 Å². The number of hydrogen-bond acceptors (Lipinski definition) is 6. The van der Waals surface area contributed by atoms with Gasteiger partial charge in [0.1, 0.15) is 5.75 Å². The van der Waals surface area contributed by atoms with Crippen LogP contribution in [0.5, 0.6) is 17.2 Å². The highest BCUT2D eigenvalue weighted by atomic mass is 16.5.